The maximum atomic E-state index is 5.71. The molecule has 0 aliphatic carbocycles. The van der Waals surface area contributed by atoms with Gasteiger partial charge in [0.1, 0.15) is 11.1 Å². The van der Waals surface area contributed by atoms with E-state index in [0.717, 1.165) is 29.1 Å². The molecule has 1 heterocycles. The van der Waals surface area contributed by atoms with Crippen LogP contribution >= 0.6 is 11.3 Å². The molecule has 2 aromatic rings. The molecule has 102 valence electrons. The van der Waals surface area contributed by atoms with Crippen LogP contribution in [0.25, 0.3) is 11.3 Å². The summed E-state index contributed by atoms with van der Waals surface area (Å²) < 4.78 is 5.48. The third-order valence-corrected chi connectivity index (χ3v) is 4.27. The molecule has 1 atom stereocenters. The Bertz CT molecular complexity index is 506. The molecule has 19 heavy (non-hydrogen) atoms. The minimum Gasteiger partial charge on any atom is -0.374 e. The van der Waals surface area contributed by atoms with Crippen molar-refractivity contribution < 1.29 is 4.74 Å². The van der Waals surface area contributed by atoms with Gasteiger partial charge in [0.2, 0.25) is 0 Å². The van der Waals surface area contributed by atoms with E-state index >= 15 is 0 Å². The number of benzene rings is 1. The van der Waals surface area contributed by atoms with Crippen molar-refractivity contribution in [3.05, 3.63) is 40.2 Å². The van der Waals surface area contributed by atoms with Crippen LogP contribution in [0.4, 0.5) is 0 Å². The molecule has 1 unspecified atom stereocenters. The van der Waals surface area contributed by atoms with Crippen molar-refractivity contribution in [2.24, 2.45) is 5.73 Å². The average Bonchev–Trinajstić information content (AvgIpc) is 2.86. The molecule has 0 saturated heterocycles. The Labute approximate surface area is 118 Å². The molecule has 0 amide bonds. The van der Waals surface area contributed by atoms with Gasteiger partial charge in [0.15, 0.2) is 0 Å². The molecule has 0 fully saturated rings. The van der Waals surface area contributed by atoms with E-state index in [4.69, 9.17) is 15.5 Å². The molecule has 0 aliphatic heterocycles. The predicted octanol–water partition coefficient (Wildman–Crippen LogP) is 3.41. The van der Waals surface area contributed by atoms with Crippen molar-refractivity contribution in [1.82, 2.24) is 4.98 Å². The van der Waals surface area contributed by atoms with E-state index < -0.39 is 0 Å². The lowest BCUT2D eigenvalue weighted by Crippen LogP contribution is -2.02. The van der Waals surface area contributed by atoms with Crippen molar-refractivity contribution in [3.8, 4) is 11.3 Å². The highest BCUT2D eigenvalue weighted by atomic mass is 32.1. The Morgan fingerprint density at radius 3 is 2.63 bits per heavy atom. The average molecular weight is 276 g/mol. The predicted molar refractivity (Wildman–Crippen MR) is 80.3 cm³/mol. The molecular weight excluding hydrogens is 256 g/mol. The SMILES string of the molecule is CCC(OC)c1nc(-c2ccccc2)c(CCN)s1. The fourth-order valence-electron chi connectivity index (χ4n) is 2.07. The van der Waals surface area contributed by atoms with Crippen molar-refractivity contribution >= 4 is 11.3 Å². The van der Waals surface area contributed by atoms with E-state index in [1.54, 1.807) is 18.4 Å². The Kier molecular flexibility index (Phi) is 5.07. The number of ether oxygens (including phenoxy) is 1. The summed E-state index contributed by atoms with van der Waals surface area (Å²) in [5.74, 6) is 0. The molecule has 0 radical (unpaired) electrons. The topological polar surface area (TPSA) is 48.1 Å². The second-order valence-electron chi connectivity index (χ2n) is 4.36. The first-order valence-corrected chi connectivity index (χ1v) is 7.39. The Morgan fingerprint density at radius 2 is 2.05 bits per heavy atom. The highest BCUT2D eigenvalue weighted by Gasteiger charge is 2.18. The number of thiazole rings is 1. The van der Waals surface area contributed by atoms with Gasteiger partial charge in [-0.25, -0.2) is 4.98 Å². The second kappa shape index (κ2) is 6.80. The van der Waals surface area contributed by atoms with Crippen LogP contribution < -0.4 is 5.73 Å². The lowest BCUT2D eigenvalue weighted by molar-refractivity contribution is 0.0998. The second-order valence-corrected chi connectivity index (χ2v) is 5.48. The van der Waals surface area contributed by atoms with Gasteiger partial charge in [-0.2, -0.15) is 0 Å². The fraction of sp³-hybridized carbons (Fsp3) is 0.400. The van der Waals surface area contributed by atoms with E-state index in [2.05, 4.69) is 19.1 Å². The molecule has 0 aliphatic rings. The molecule has 2 rings (SSSR count). The van der Waals surface area contributed by atoms with E-state index in [9.17, 15) is 0 Å². The summed E-state index contributed by atoms with van der Waals surface area (Å²) in [6.45, 7) is 2.76. The van der Waals surface area contributed by atoms with Gasteiger partial charge in [-0.3, -0.25) is 0 Å². The molecule has 0 bridgehead atoms. The molecule has 4 heteroatoms. The van der Waals surface area contributed by atoms with Gasteiger partial charge >= 0.3 is 0 Å². The third kappa shape index (κ3) is 3.21. The third-order valence-electron chi connectivity index (χ3n) is 3.06. The molecule has 0 saturated carbocycles. The summed E-state index contributed by atoms with van der Waals surface area (Å²) in [4.78, 5) is 6.03. The number of aromatic nitrogens is 1. The van der Waals surface area contributed by atoms with Gasteiger partial charge in [-0.15, -0.1) is 11.3 Å². The first kappa shape index (κ1) is 14.2. The number of rotatable bonds is 6. The maximum Gasteiger partial charge on any atom is 0.122 e. The van der Waals surface area contributed by atoms with Crippen LogP contribution in [0.2, 0.25) is 0 Å². The lowest BCUT2D eigenvalue weighted by atomic mass is 10.1. The zero-order valence-corrected chi connectivity index (χ0v) is 12.2. The summed E-state index contributed by atoms with van der Waals surface area (Å²) in [7, 11) is 1.74. The van der Waals surface area contributed by atoms with Gasteiger partial charge in [0.25, 0.3) is 0 Å². The minimum atomic E-state index is 0.0824. The van der Waals surface area contributed by atoms with Crippen molar-refractivity contribution in [2.45, 2.75) is 25.9 Å². The maximum absolute atomic E-state index is 5.71. The number of nitrogens with zero attached hydrogens (tertiary/aromatic N) is 1. The van der Waals surface area contributed by atoms with Gasteiger partial charge in [-0.1, -0.05) is 37.3 Å². The largest absolute Gasteiger partial charge is 0.374 e. The fourth-order valence-corrected chi connectivity index (χ4v) is 3.34. The van der Waals surface area contributed by atoms with Gasteiger partial charge in [-0.05, 0) is 19.4 Å². The van der Waals surface area contributed by atoms with Crippen molar-refractivity contribution in [2.75, 3.05) is 13.7 Å². The van der Waals surface area contributed by atoms with Crippen LogP contribution in [0.15, 0.2) is 30.3 Å². The first-order valence-electron chi connectivity index (χ1n) is 6.58. The van der Waals surface area contributed by atoms with Crippen LogP contribution in [-0.4, -0.2) is 18.6 Å². The van der Waals surface area contributed by atoms with E-state index in [1.807, 2.05) is 18.2 Å². The molecular formula is C15H20N2OS. The number of hydrogen-bond acceptors (Lipinski definition) is 4. The van der Waals surface area contributed by atoms with Gasteiger partial charge in [0, 0.05) is 17.6 Å². The van der Waals surface area contributed by atoms with Crippen LogP contribution in [0.1, 0.15) is 29.3 Å². The van der Waals surface area contributed by atoms with E-state index in [1.165, 1.54) is 4.88 Å². The number of methoxy groups -OCH3 is 1. The van der Waals surface area contributed by atoms with E-state index in [-0.39, 0.29) is 6.10 Å². The molecule has 0 spiro atoms. The Hall–Kier alpha value is -1.23. The summed E-state index contributed by atoms with van der Waals surface area (Å²) in [5, 5.41) is 1.05. The van der Waals surface area contributed by atoms with Crippen LogP contribution in [-0.2, 0) is 11.2 Å². The highest BCUT2D eigenvalue weighted by molar-refractivity contribution is 7.12. The highest BCUT2D eigenvalue weighted by Crippen LogP contribution is 2.33. The minimum absolute atomic E-state index is 0.0824. The first-order chi connectivity index (χ1) is 9.30. The summed E-state index contributed by atoms with van der Waals surface area (Å²) in [6, 6.07) is 10.3. The van der Waals surface area contributed by atoms with Crippen LogP contribution in [0, 0.1) is 0 Å². The zero-order valence-electron chi connectivity index (χ0n) is 11.4. The van der Waals surface area contributed by atoms with Crippen LogP contribution in [0.3, 0.4) is 0 Å². The zero-order chi connectivity index (χ0) is 13.7. The van der Waals surface area contributed by atoms with Gasteiger partial charge < -0.3 is 10.5 Å². The van der Waals surface area contributed by atoms with Crippen LogP contribution in [0.5, 0.6) is 0 Å². The Morgan fingerprint density at radius 1 is 1.32 bits per heavy atom. The monoisotopic (exact) mass is 276 g/mol. The molecule has 1 aromatic heterocycles. The van der Waals surface area contributed by atoms with Gasteiger partial charge in [0.05, 0.1) is 5.69 Å². The Balaban J connectivity index is 2.41. The molecule has 3 nitrogen and oxygen atoms in total. The number of nitrogens with two attached hydrogens (primary N) is 1. The lowest BCUT2D eigenvalue weighted by Gasteiger charge is -2.08. The molecule has 1 aromatic carbocycles. The smallest absolute Gasteiger partial charge is 0.122 e. The van der Waals surface area contributed by atoms with E-state index in [0.29, 0.717) is 6.54 Å². The van der Waals surface area contributed by atoms with Crippen molar-refractivity contribution in [1.29, 1.82) is 0 Å². The summed E-state index contributed by atoms with van der Waals surface area (Å²) in [6.07, 6.45) is 1.88. The summed E-state index contributed by atoms with van der Waals surface area (Å²) in [5.41, 5.74) is 7.91. The quantitative estimate of drug-likeness (QED) is 0.879. The summed E-state index contributed by atoms with van der Waals surface area (Å²) >= 11 is 1.72. The molecule has 2 N–H and O–H groups in total. The normalized spacial score (nSPS) is 12.6. The number of hydrogen-bond donors (Lipinski definition) is 1. The van der Waals surface area contributed by atoms with Crippen molar-refractivity contribution in [3.63, 3.8) is 0 Å². The standard InChI is InChI=1S/C15H20N2OS/c1-3-12(18-2)15-17-14(13(19-15)9-10-16)11-7-5-4-6-8-11/h4-8,12H,3,9-10,16H2,1-2H3.